The van der Waals surface area contributed by atoms with Crippen molar-refractivity contribution in [3.8, 4) is 11.3 Å². The van der Waals surface area contributed by atoms with E-state index in [1.54, 1.807) is 13.1 Å². The van der Waals surface area contributed by atoms with E-state index in [1.807, 2.05) is 38.1 Å². The maximum atomic E-state index is 12.0. The summed E-state index contributed by atoms with van der Waals surface area (Å²) in [6, 6.07) is 9.22. The highest BCUT2D eigenvalue weighted by Gasteiger charge is 2.23. The average molecular weight is 329 g/mol. The van der Waals surface area contributed by atoms with Gasteiger partial charge in [-0.15, -0.1) is 0 Å². The fraction of sp³-hybridized carbons (Fsp3) is 0.389. The first-order chi connectivity index (χ1) is 11.5. The van der Waals surface area contributed by atoms with Crippen LogP contribution in [0.3, 0.4) is 0 Å². The molecule has 0 saturated heterocycles. The van der Waals surface area contributed by atoms with Crippen LogP contribution in [0, 0.1) is 6.92 Å². The predicted octanol–water partition coefficient (Wildman–Crippen LogP) is 2.22. The second-order valence-corrected chi connectivity index (χ2v) is 5.72. The molecule has 6 nitrogen and oxygen atoms in total. The number of likely N-dealkylation sites (N-methyl/N-ethyl adjacent to an activating group) is 1. The molecule has 6 heteroatoms. The Hall–Kier alpha value is -2.47. The van der Waals surface area contributed by atoms with E-state index in [4.69, 9.17) is 4.52 Å². The molecule has 2 aromatic rings. The van der Waals surface area contributed by atoms with Gasteiger partial charge in [-0.1, -0.05) is 48.3 Å². The van der Waals surface area contributed by atoms with Gasteiger partial charge in [0, 0.05) is 11.6 Å². The molecular formula is C18H23N3O3. The Morgan fingerprint density at radius 1 is 1.25 bits per heavy atom. The number of carbonyl (C=O) groups is 2. The molecule has 0 aliphatic heterocycles. The molecule has 2 N–H and O–H groups in total. The summed E-state index contributed by atoms with van der Waals surface area (Å²) in [5.41, 5.74) is 2.81. The van der Waals surface area contributed by atoms with Crippen molar-refractivity contribution in [3.05, 3.63) is 41.7 Å². The maximum absolute atomic E-state index is 12.0. The summed E-state index contributed by atoms with van der Waals surface area (Å²) < 4.78 is 5.22. The number of aryl methyl sites for hydroxylation is 1. The first kappa shape index (κ1) is 17.9. The van der Waals surface area contributed by atoms with Crippen LogP contribution in [0.1, 0.15) is 31.1 Å². The van der Waals surface area contributed by atoms with E-state index in [1.165, 1.54) is 5.56 Å². The van der Waals surface area contributed by atoms with E-state index in [-0.39, 0.29) is 6.54 Å². The van der Waals surface area contributed by atoms with Crippen molar-refractivity contribution < 1.29 is 14.1 Å². The Labute approximate surface area is 141 Å². The minimum Gasteiger partial charge on any atom is -0.359 e. The van der Waals surface area contributed by atoms with Gasteiger partial charge in [0.05, 0.1) is 12.6 Å². The van der Waals surface area contributed by atoms with Gasteiger partial charge in [0.2, 0.25) is 5.78 Å². The van der Waals surface area contributed by atoms with Crippen LogP contribution in [0.4, 0.5) is 0 Å². The highest BCUT2D eigenvalue weighted by atomic mass is 16.5. The van der Waals surface area contributed by atoms with E-state index in [9.17, 15) is 9.59 Å². The Morgan fingerprint density at radius 3 is 2.58 bits per heavy atom. The topological polar surface area (TPSA) is 84.2 Å². The number of Topliss-reactive ketones (excluding diaryl/α,β-unsaturated/α-hetero) is 1. The lowest BCUT2D eigenvalue weighted by molar-refractivity contribution is -0.139. The lowest BCUT2D eigenvalue weighted by Crippen LogP contribution is -2.43. The molecule has 0 bridgehead atoms. The number of benzene rings is 1. The Morgan fingerprint density at radius 2 is 1.96 bits per heavy atom. The highest BCUT2D eigenvalue weighted by Crippen LogP contribution is 2.19. The standard InChI is InChI=1S/C18H23N3O3/c1-4-5-15(19-3)17(22)18(23)20-11-14-10-16(21-24-14)13-8-6-12(2)7-9-13/h6-10,15,19H,4-5,11H2,1-3H3,(H,20,23). The molecule has 1 amide bonds. The second-order valence-electron chi connectivity index (χ2n) is 5.72. The lowest BCUT2D eigenvalue weighted by atomic mass is 10.1. The number of ketones is 1. The van der Waals surface area contributed by atoms with Crippen LogP contribution < -0.4 is 10.6 Å². The Bertz CT molecular complexity index is 692. The number of hydrogen-bond acceptors (Lipinski definition) is 5. The van der Waals surface area contributed by atoms with Gasteiger partial charge in [-0.25, -0.2) is 0 Å². The van der Waals surface area contributed by atoms with Crippen LogP contribution in [0.25, 0.3) is 11.3 Å². The third-order valence-electron chi connectivity index (χ3n) is 3.80. The van der Waals surface area contributed by atoms with E-state index < -0.39 is 17.7 Å². The third-order valence-corrected chi connectivity index (χ3v) is 3.80. The Balaban J connectivity index is 1.94. The first-order valence-electron chi connectivity index (χ1n) is 8.07. The normalized spacial score (nSPS) is 12.0. The molecule has 1 heterocycles. The van der Waals surface area contributed by atoms with Gasteiger partial charge in [-0.05, 0) is 20.4 Å². The minimum atomic E-state index is -0.615. The van der Waals surface area contributed by atoms with Crippen molar-refractivity contribution in [2.75, 3.05) is 7.05 Å². The number of carbonyl (C=O) groups excluding carboxylic acids is 2. The monoisotopic (exact) mass is 329 g/mol. The van der Waals surface area contributed by atoms with Gasteiger partial charge in [-0.3, -0.25) is 9.59 Å². The zero-order valence-electron chi connectivity index (χ0n) is 14.3. The molecule has 128 valence electrons. The summed E-state index contributed by atoms with van der Waals surface area (Å²) in [6.07, 6.45) is 1.45. The molecule has 0 saturated carbocycles. The smallest absolute Gasteiger partial charge is 0.289 e. The maximum Gasteiger partial charge on any atom is 0.289 e. The number of rotatable bonds is 8. The van der Waals surface area contributed by atoms with Crippen LogP contribution in [0.2, 0.25) is 0 Å². The van der Waals surface area contributed by atoms with Crippen molar-refractivity contribution in [1.29, 1.82) is 0 Å². The molecule has 0 spiro atoms. The molecule has 1 atom stereocenters. The van der Waals surface area contributed by atoms with Gasteiger partial charge >= 0.3 is 0 Å². The number of aromatic nitrogens is 1. The molecule has 0 fully saturated rings. The van der Waals surface area contributed by atoms with Gasteiger partial charge < -0.3 is 15.2 Å². The molecule has 24 heavy (non-hydrogen) atoms. The van der Waals surface area contributed by atoms with Gasteiger partial charge in [0.1, 0.15) is 5.69 Å². The Kier molecular flexibility index (Phi) is 6.26. The first-order valence-corrected chi connectivity index (χ1v) is 8.07. The number of hydrogen-bond donors (Lipinski definition) is 2. The van der Waals surface area contributed by atoms with E-state index in [0.29, 0.717) is 17.9 Å². The number of nitrogens with zero attached hydrogens (tertiary/aromatic N) is 1. The largest absolute Gasteiger partial charge is 0.359 e. The zero-order valence-corrected chi connectivity index (χ0v) is 14.3. The van der Waals surface area contributed by atoms with Crippen molar-refractivity contribution in [2.45, 2.75) is 39.3 Å². The summed E-state index contributed by atoms with van der Waals surface area (Å²) in [5, 5.41) is 9.45. The van der Waals surface area contributed by atoms with E-state index in [0.717, 1.165) is 12.0 Å². The minimum absolute atomic E-state index is 0.131. The highest BCUT2D eigenvalue weighted by molar-refractivity contribution is 6.38. The molecule has 0 aliphatic carbocycles. The van der Waals surface area contributed by atoms with Crippen molar-refractivity contribution >= 4 is 11.7 Å². The van der Waals surface area contributed by atoms with Crippen molar-refractivity contribution in [3.63, 3.8) is 0 Å². The third kappa shape index (κ3) is 4.52. The van der Waals surface area contributed by atoms with Crippen LogP contribution in [0.5, 0.6) is 0 Å². The van der Waals surface area contributed by atoms with Crippen LogP contribution >= 0.6 is 0 Å². The SMILES string of the molecule is CCCC(NC)C(=O)C(=O)NCc1cc(-c2ccc(C)cc2)no1. The van der Waals surface area contributed by atoms with Crippen molar-refractivity contribution in [2.24, 2.45) is 0 Å². The summed E-state index contributed by atoms with van der Waals surface area (Å²) >= 11 is 0. The van der Waals surface area contributed by atoms with Crippen molar-refractivity contribution in [1.82, 2.24) is 15.8 Å². The molecule has 0 aliphatic rings. The summed E-state index contributed by atoms with van der Waals surface area (Å²) in [7, 11) is 1.68. The lowest BCUT2D eigenvalue weighted by Gasteiger charge is -2.12. The summed E-state index contributed by atoms with van der Waals surface area (Å²) in [5.74, 6) is -0.572. The van der Waals surface area contributed by atoms with Gasteiger partial charge in [0.15, 0.2) is 5.76 Å². The summed E-state index contributed by atoms with van der Waals surface area (Å²) in [6.45, 7) is 4.12. The van der Waals surface area contributed by atoms with Gasteiger partial charge in [0.25, 0.3) is 5.91 Å². The molecule has 2 rings (SSSR count). The average Bonchev–Trinajstić information content (AvgIpc) is 3.06. The second kappa shape index (κ2) is 8.40. The molecular weight excluding hydrogens is 306 g/mol. The van der Waals surface area contributed by atoms with E-state index in [2.05, 4.69) is 15.8 Å². The fourth-order valence-electron chi connectivity index (χ4n) is 2.36. The number of nitrogens with one attached hydrogen (secondary N) is 2. The quantitative estimate of drug-likeness (QED) is 0.726. The zero-order chi connectivity index (χ0) is 17.5. The van der Waals surface area contributed by atoms with Crippen LogP contribution in [-0.4, -0.2) is 29.9 Å². The molecule has 1 aromatic carbocycles. The molecule has 0 radical (unpaired) electrons. The van der Waals surface area contributed by atoms with Gasteiger partial charge in [-0.2, -0.15) is 0 Å². The number of amides is 1. The fourth-order valence-corrected chi connectivity index (χ4v) is 2.36. The summed E-state index contributed by atoms with van der Waals surface area (Å²) in [4.78, 5) is 24.0. The van der Waals surface area contributed by atoms with E-state index >= 15 is 0 Å². The van der Waals surface area contributed by atoms with Crippen LogP contribution in [0.15, 0.2) is 34.9 Å². The molecule has 1 aromatic heterocycles. The van der Waals surface area contributed by atoms with Crippen LogP contribution in [-0.2, 0) is 16.1 Å². The molecule has 1 unspecified atom stereocenters. The predicted molar refractivity (Wildman–Crippen MR) is 91.3 cm³/mol.